The van der Waals surface area contributed by atoms with Gasteiger partial charge in [-0.1, -0.05) is 0 Å². The van der Waals surface area contributed by atoms with E-state index >= 15 is 0 Å². The van der Waals surface area contributed by atoms with Gasteiger partial charge in [-0.25, -0.2) is 0 Å². The lowest BCUT2D eigenvalue weighted by Gasteiger charge is -2.22. The van der Waals surface area contributed by atoms with Crippen LogP contribution in [0.2, 0.25) is 0 Å². The van der Waals surface area contributed by atoms with Gasteiger partial charge >= 0.3 is 0 Å². The van der Waals surface area contributed by atoms with Gasteiger partial charge in [0.05, 0.1) is 0 Å². The Labute approximate surface area is 78.1 Å². The molecule has 2 amide bonds. The standard InChI is InChI=1S/C9H16N2O2/c1-2-11-7(3-5-8(10)12)4-6-9(11)13/h7H,2-6H2,1H3,(H2,10,12)/t7-/m0/s1. The van der Waals surface area contributed by atoms with Gasteiger partial charge in [0, 0.05) is 25.4 Å². The van der Waals surface area contributed by atoms with Crippen molar-refractivity contribution in [3.63, 3.8) is 0 Å². The number of nitrogens with zero attached hydrogens (tertiary/aromatic N) is 1. The number of carbonyl (C=O) groups excluding carboxylic acids is 2. The molecule has 0 spiro atoms. The molecule has 0 radical (unpaired) electrons. The summed E-state index contributed by atoms with van der Waals surface area (Å²) in [5.74, 6) is -0.0765. The first-order valence-electron chi connectivity index (χ1n) is 4.73. The zero-order valence-electron chi connectivity index (χ0n) is 7.95. The molecule has 4 nitrogen and oxygen atoms in total. The molecule has 0 unspecified atom stereocenters. The van der Waals surface area contributed by atoms with E-state index in [4.69, 9.17) is 5.73 Å². The van der Waals surface area contributed by atoms with Gasteiger partial charge in [0.2, 0.25) is 11.8 Å². The summed E-state index contributed by atoms with van der Waals surface area (Å²) in [6, 6.07) is 0.241. The minimum Gasteiger partial charge on any atom is -0.370 e. The monoisotopic (exact) mass is 184 g/mol. The van der Waals surface area contributed by atoms with Crippen LogP contribution in [0.25, 0.3) is 0 Å². The minimum atomic E-state index is -0.282. The smallest absolute Gasteiger partial charge is 0.222 e. The van der Waals surface area contributed by atoms with Crippen LogP contribution in [0.1, 0.15) is 32.6 Å². The van der Waals surface area contributed by atoms with Gasteiger partial charge in [-0.2, -0.15) is 0 Å². The van der Waals surface area contributed by atoms with Gasteiger partial charge in [0.25, 0.3) is 0 Å². The summed E-state index contributed by atoms with van der Waals surface area (Å²) >= 11 is 0. The highest BCUT2D eigenvalue weighted by Gasteiger charge is 2.29. The van der Waals surface area contributed by atoms with E-state index < -0.39 is 0 Å². The lowest BCUT2D eigenvalue weighted by atomic mass is 10.1. The zero-order chi connectivity index (χ0) is 9.84. The van der Waals surface area contributed by atoms with E-state index in [2.05, 4.69) is 0 Å². The molecule has 1 rings (SSSR count). The maximum atomic E-state index is 11.3. The first kappa shape index (κ1) is 10.0. The number of hydrogen-bond acceptors (Lipinski definition) is 2. The van der Waals surface area contributed by atoms with E-state index in [-0.39, 0.29) is 17.9 Å². The predicted octanol–water partition coefficient (Wildman–Crippen LogP) is 0.263. The molecule has 0 aromatic heterocycles. The van der Waals surface area contributed by atoms with Crippen molar-refractivity contribution in [2.24, 2.45) is 5.73 Å². The largest absolute Gasteiger partial charge is 0.370 e. The lowest BCUT2D eigenvalue weighted by molar-refractivity contribution is -0.129. The third kappa shape index (κ3) is 2.44. The second kappa shape index (κ2) is 4.25. The summed E-state index contributed by atoms with van der Waals surface area (Å²) < 4.78 is 0. The van der Waals surface area contributed by atoms with Crippen molar-refractivity contribution in [3.8, 4) is 0 Å². The Bertz CT molecular complexity index is 216. The zero-order valence-corrected chi connectivity index (χ0v) is 7.95. The molecule has 0 aromatic carbocycles. The molecule has 1 aliphatic rings. The number of amides is 2. The fourth-order valence-electron chi connectivity index (χ4n) is 1.84. The van der Waals surface area contributed by atoms with E-state index in [1.54, 1.807) is 0 Å². The maximum Gasteiger partial charge on any atom is 0.222 e. The SMILES string of the molecule is CCN1C(=O)CC[C@@H]1CCC(N)=O. The summed E-state index contributed by atoms with van der Waals surface area (Å²) in [7, 11) is 0. The molecule has 4 heteroatoms. The summed E-state index contributed by atoms with van der Waals surface area (Å²) in [5.41, 5.74) is 5.05. The van der Waals surface area contributed by atoms with E-state index in [1.165, 1.54) is 0 Å². The molecule has 1 fully saturated rings. The molecule has 1 aliphatic heterocycles. The van der Waals surface area contributed by atoms with Crippen molar-refractivity contribution < 1.29 is 9.59 Å². The molecule has 1 saturated heterocycles. The summed E-state index contributed by atoms with van der Waals surface area (Å²) in [4.78, 5) is 23.7. The Hall–Kier alpha value is -1.06. The fourth-order valence-corrected chi connectivity index (χ4v) is 1.84. The third-order valence-corrected chi connectivity index (χ3v) is 2.52. The fraction of sp³-hybridized carbons (Fsp3) is 0.778. The van der Waals surface area contributed by atoms with Crippen LogP contribution in [0.3, 0.4) is 0 Å². The topological polar surface area (TPSA) is 63.4 Å². The van der Waals surface area contributed by atoms with E-state index in [0.29, 0.717) is 12.8 Å². The van der Waals surface area contributed by atoms with E-state index in [0.717, 1.165) is 19.4 Å². The Morgan fingerprint density at radius 2 is 2.38 bits per heavy atom. The third-order valence-electron chi connectivity index (χ3n) is 2.52. The summed E-state index contributed by atoms with van der Waals surface area (Å²) in [5, 5.41) is 0. The van der Waals surface area contributed by atoms with Gasteiger partial charge in [-0.3, -0.25) is 9.59 Å². The van der Waals surface area contributed by atoms with Gasteiger partial charge in [0.1, 0.15) is 0 Å². The number of likely N-dealkylation sites (tertiary alicyclic amines) is 1. The maximum absolute atomic E-state index is 11.3. The highest BCUT2D eigenvalue weighted by Crippen LogP contribution is 2.21. The molecule has 0 aliphatic carbocycles. The average Bonchev–Trinajstić information content (AvgIpc) is 2.42. The van der Waals surface area contributed by atoms with Crippen LogP contribution in [0.5, 0.6) is 0 Å². The number of hydrogen-bond donors (Lipinski definition) is 1. The van der Waals surface area contributed by atoms with Crippen LogP contribution < -0.4 is 5.73 Å². The van der Waals surface area contributed by atoms with Crippen molar-refractivity contribution in [1.29, 1.82) is 0 Å². The Kier molecular flexibility index (Phi) is 3.28. The van der Waals surface area contributed by atoms with Crippen LogP contribution in [0.15, 0.2) is 0 Å². The quantitative estimate of drug-likeness (QED) is 0.681. The minimum absolute atomic E-state index is 0.206. The van der Waals surface area contributed by atoms with Crippen molar-refractivity contribution in [2.75, 3.05) is 6.54 Å². The first-order valence-corrected chi connectivity index (χ1v) is 4.73. The van der Waals surface area contributed by atoms with Crippen molar-refractivity contribution in [2.45, 2.75) is 38.6 Å². The molecule has 0 bridgehead atoms. The molecule has 0 aromatic rings. The second-order valence-corrected chi connectivity index (χ2v) is 3.38. The van der Waals surface area contributed by atoms with Crippen molar-refractivity contribution >= 4 is 11.8 Å². The number of nitrogens with two attached hydrogens (primary N) is 1. The molecule has 0 saturated carbocycles. The van der Waals surface area contributed by atoms with Gasteiger partial charge in [-0.15, -0.1) is 0 Å². The van der Waals surface area contributed by atoms with E-state index in [9.17, 15) is 9.59 Å². The number of rotatable bonds is 4. The molecule has 74 valence electrons. The normalized spacial score (nSPS) is 22.4. The van der Waals surface area contributed by atoms with Crippen LogP contribution in [-0.4, -0.2) is 29.3 Å². The molecular weight excluding hydrogens is 168 g/mol. The number of carbonyl (C=O) groups is 2. The second-order valence-electron chi connectivity index (χ2n) is 3.38. The summed E-state index contributed by atoms with van der Waals surface area (Å²) in [6.07, 6.45) is 2.60. The van der Waals surface area contributed by atoms with Crippen LogP contribution in [0.4, 0.5) is 0 Å². The first-order chi connectivity index (χ1) is 6.15. The predicted molar refractivity (Wildman–Crippen MR) is 48.8 cm³/mol. The Morgan fingerprint density at radius 3 is 2.92 bits per heavy atom. The lowest BCUT2D eigenvalue weighted by Crippen LogP contribution is -2.33. The molecule has 2 N–H and O–H groups in total. The molecule has 1 atom stereocenters. The van der Waals surface area contributed by atoms with Gasteiger partial charge < -0.3 is 10.6 Å². The van der Waals surface area contributed by atoms with Crippen molar-refractivity contribution in [1.82, 2.24) is 4.90 Å². The van der Waals surface area contributed by atoms with E-state index in [1.807, 2.05) is 11.8 Å². The average molecular weight is 184 g/mol. The van der Waals surface area contributed by atoms with Crippen LogP contribution in [-0.2, 0) is 9.59 Å². The van der Waals surface area contributed by atoms with Crippen molar-refractivity contribution in [3.05, 3.63) is 0 Å². The number of primary amides is 1. The highest BCUT2D eigenvalue weighted by molar-refractivity contribution is 5.79. The van der Waals surface area contributed by atoms with Crippen LogP contribution >= 0.6 is 0 Å². The Morgan fingerprint density at radius 1 is 1.69 bits per heavy atom. The molecular formula is C9H16N2O2. The highest BCUT2D eigenvalue weighted by atomic mass is 16.2. The molecule has 1 heterocycles. The van der Waals surface area contributed by atoms with Crippen LogP contribution in [0, 0.1) is 0 Å². The van der Waals surface area contributed by atoms with Gasteiger partial charge in [0.15, 0.2) is 0 Å². The molecule has 13 heavy (non-hydrogen) atoms. The van der Waals surface area contributed by atoms with Gasteiger partial charge in [-0.05, 0) is 19.8 Å². The Balaban J connectivity index is 2.41. The summed E-state index contributed by atoms with van der Waals surface area (Å²) in [6.45, 7) is 2.70.